The van der Waals surface area contributed by atoms with Crippen molar-refractivity contribution in [2.45, 2.75) is 13.0 Å². The smallest absolute Gasteiger partial charge is 0.276 e. The van der Waals surface area contributed by atoms with Crippen molar-refractivity contribution in [3.63, 3.8) is 0 Å². The highest BCUT2D eigenvalue weighted by atomic mass is 35.5. The first kappa shape index (κ1) is 15.5. The highest BCUT2D eigenvalue weighted by Crippen LogP contribution is 2.28. The molecule has 0 radical (unpaired) electrons. The number of rotatable bonds is 4. The molecule has 110 valence electrons. The lowest BCUT2D eigenvalue weighted by molar-refractivity contribution is -0.384. The minimum Gasteiger partial charge on any atom is -0.353 e. The maximum absolute atomic E-state index is 10.9. The van der Waals surface area contributed by atoms with Crippen molar-refractivity contribution in [3.05, 3.63) is 62.3 Å². The van der Waals surface area contributed by atoms with Gasteiger partial charge in [-0.05, 0) is 24.6 Å². The van der Waals surface area contributed by atoms with E-state index in [2.05, 4.69) is 4.98 Å². The van der Waals surface area contributed by atoms with Crippen LogP contribution in [0.15, 0.2) is 36.4 Å². The van der Waals surface area contributed by atoms with Crippen LogP contribution in [-0.4, -0.2) is 17.0 Å². The Bertz CT molecular complexity index is 662. The Balaban J connectivity index is 2.32. The van der Waals surface area contributed by atoms with Gasteiger partial charge in [-0.1, -0.05) is 35.3 Å². The molecule has 2 aromatic rings. The standard InChI is InChI=1S/C14H13Cl2N3O2/c1-9(10-3-5-11(15)6-4-10)18(2)14-8-12(19(20)21)7-13(16)17-14/h3-9H,1-2H3. The highest BCUT2D eigenvalue weighted by Gasteiger charge is 2.17. The second-order valence-corrected chi connectivity index (χ2v) is 5.43. The van der Waals surface area contributed by atoms with E-state index < -0.39 is 4.92 Å². The predicted octanol–water partition coefficient (Wildman–Crippen LogP) is 4.49. The van der Waals surface area contributed by atoms with Crippen LogP contribution < -0.4 is 4.90 Å². The van der Waals surface area contributed by atoms with E-state index in [4.69, 9.17) is 23.2 Å². The average molecular weight is 326 g/mol. The lowest BCUT2D eigenvalue weighted by atomic mass is 10.1. The molecule has 0 saturated carbocycles. The summed E-state index contributed by atoms with van der Waals surface area (Å²) in [6.07, 6.45) is 0. The van der Waals surface area contributed by atoms with E-state index in [1.807, 2.05) is 31.0 Å². The van der Waals surface area contributed by atoms with E-state index in [9.17, 15) is 10.1 Å². The maximum Gasteiger partial charge on any atom is 0.276 e. The first-order valence-electron chi connectivity index (χ1n) is 6.19. The Hall–Kier alpha value is -1.85. The Morgan fingerprint density at radius 3 is 2.43 bits per heavy atom. The van der Waals surface area contributed by atoms with Crippen molar-refractivity contribution in [2.75, 3.05) is 11.9 Å². The molecule has 0 fully saturated rings. The number of halogens is 2. The van der Waals surface area contributed by atoms with Crippen LogP contribution in [0.3, 0.4) is 0 Å². The Kier molecular flexibility index (Phi) is 4.65. The summed E-state index contributed by atoms with van der Waals surface area (Å²) in [6, 6.07) is 10.0. The Labute approximate surface area is 132 Å². The first-order valence-corrected chi connectivity index (χ1v) is 6.94. The quantitative estimate of drug-likeness (QED) is 0.472. The molecule has 0 aliphatic heterocycles. The predicted molar refractivity (Wildman–Crippen MR) is 84.2 cm³/mol. The third kappa shape index (κ3) is 3.62. The van der Waals surface area contributed by atoms with Crippen LogP contribution in [0, 0.1) is 10.1 Å². The summed E-state index contributed by atoms with van der Waals surface area (Å²) >= 11 is 11.7. The van der Waals surface area contributed by atoms with Gasteiger partial charge in [0.05, 0.1) is 23.1 Å². The fraction of sp³-hybridized carbons (Fsp3) is 0.214. The van der Waals surface area contributed by atoms with Crippen LogP contribution in [0.2, 0.25) is 10.2 Å². The van der Waals surface area contributed by atoms with Crippen LogP contribution in [-0.2, 0) is 0 Å². The third-order valence-corrected chi connectivity index (χ3v) is 3.72. The third-order valence-electron chi connectivity index (χ3n) is 3.27. The minimum absolute atomic E-state index is 0.0344. The number of aromatic nitrogens is 1. The molecular formula is C14H13Cl2N3O2. The molecule has 1 atom stereocenters. The van der Waals surface area contributed by atoms with E-state index in [1.54, 1.807) is 12.1 Å². The maximum atomic E-state index is 10.9. The molecule has 0 spiro atoms. The summed E-state index contributed by atoms with van der Waals surface area (Å²) in [5.41, 5.74) is 0.937. The lowest BCUT2D eigenvalue weighted by Crippen LogP contribution is -2.22. The van der Waals surface area contributed by atoms with Gasteiger partial charge in [-0.3, -0.25) is 10.1 Å². The van der Waals surface area contributed by atoms with Crippen LogP contribution in [0.5, 0.6) is 0 Å². The molecule has 0 amide bonds. The van der Waals surface area contributed by atoms with Crippen molar-refractivity contribution in [3.8, 4) is 0 Å². The van der Waals surface area contributed by atoms with Gasteiger partial charge >= 0.3 is 0 Å². The van der Waals surface area contributed by atoms with Gasteiger partial charge in [0, 0.05) is 12.1 Å². The monoisotopic (exact) mass is 325 g/mol. The molecule has 2 rings (SSSR count). The summed E-state index contributed by atoms with van der Waals surface area (Å²) in [7, 11) is 1.81. The zero-order valence-corrected chi connectivity index (χ0v) is 13.0. The molecule has 21 heavy (non-hydrogen) atoms. The van der Waals surface area contributed by atoms with Crippen molar-refractivity contribution in [2.24, 2.45) is 0 Å². The van der Waals surface area contributed by atoms with Crippen molar-refractivity contribution < 1.29 is 4.92 Å². The summed E-state index contributed by atoms with van der Waals surface area (Å²) < 4.78 is 0. The zero-order valence-electron chi connectivity index (χ0n) is 11.5. The van der Waals surface area contributed by atoms with E-state index in [1.165, 1.54) is 12.1 Å². The summed E-state index contributed by atoms with van der Waals surface area (Å²) in [5, 5.41) is 11.6. The molecule has 0 aliphatic rings. The molecule has 5 nitrogen and oxygen atoms in total. The SMILES string of the molecule is CC(c1ccc(Cl)cc1)N(C)c1cc([N+](=O)[O-])cc(Cl)n1. The number of benzene rings is 1. The second-order valence-electron chi connectivity index (χ2n) is 4.60. The van der Waals surface area contributed by atoms with Crippen LogP contribution in [0.1, 0.15) is 18.5 Å². The van der Waals surface area contributed by atoms with Gasteiger partial charge < -0.3 is 4.90 Å². The number of nitrogens with zero attached hydrogens (tertiary/aromatic N) is 3. The number of hydrogen-bond donors (Lipinski definition) is 0. The van der Waals surface area contributed by atoms with Gasteiger partial charge in [0.1, 0.15) is 11.0 Å². The van der Waals surface area contributed by atoms with Gasteiger partial charge in [0.15, 0.2) is 0 Å². The number of anilines is 1. The van der Waals surface area contributed by atoms with Crippen LogP contribution >= 0.6 is 23.2 Å². The lowest BCUT2D eigenvalue weighted by Gasteiger charge is -2.26. The number of hydrogen-bond acceptors (Lipinski definition) is 4. The normalized spacial score (nSPS) is 12.0. The zero-order chi connectivity index (χ0) is 15.6. The molecule has 1 aromatic heterocycles. The second kappa shape index (κ2) is 6.28. The fourth-order valence-electron chi connectivity index (χ4n) is 1.92. The van der Waals surface area contributed by atoms with Gasteiger partial charge in [-0.2, -0.15) is 0 Å². The van der Waals surface area contributed by atoms with Gasteiger partial charge in [0.2, 0.25) is 0 Å². The summed E-state index contributed by atoms with van der Waals surface area (Å²) in [6.45, 7) is 1.97. The molecular weight excluding hydrogens is 313 g/mol. The topological polar surface area (TPSA) is 59.3 Å². The molecule has 0 saturated heterocycles. The first-order chi connectivity index (χ1) is 9.88. The average Bonchev–Trinajstić information content (AvgIpc) is 2.45. The largest absolute Gasteiger partial charge is 0.353 e. The fourth-order valence-corrected chi connectivity index (χ4v) is 2.24. The van der Waals surface area contributed by atoms with E-state index >= 15 is 0 Å². The molecule has 1 unspecified atom stereocenters. The van der Waals surface area contributed by atoms with E-state index in [0.29, 0.717) is 10.8 Å². The van der Waals surface area contributed by atoms with Crippen molar-refractivity contribution >= 4 is 34.7 Å². The van der Waals surface area contributed by atoms with Crippen LogP contribution in [0.25, 0.3) is 0 Å². The molecule has 7 heteroatoms. The molecule has 0 bridgehead atoms. The number of pyridine rings is 1. The Morgan fingerprint density at radius 2 is 1.86 bits per heavy atom. The van der Waals surface area contributed by atoms with E-state index in [-0.39, 0.29) is 16.9 Å². The van der Waals surface area contributed by atoms with Crippen LogP contribution in [0.4, 0.5) is 11.5 Å². The van der Waals surface area contributed by atoms with Gasteiger partial charge in [-0.25, -0.2) is 4.98 Å². The molecule has 0 N–H and O–H groups in total. The van der Waals surface area contributed by atoms with Crippen molar-refractivity contribution in [1.82, 2.24) is 4.98 Å². The van der Waals surface area contributed by atoms with E-state index in [0.717, 1.165) is 5.56 Å². The molecule has 0 aliphatic carbocycles. The summed E-state index contributed by atoms with van der Waals surface area (Å²) in [5.74, 6) is 0.441. The Morgan fingerprint density at radius 1 is 1.24 bits per heavy atom. The minimum atomic E-state index is -0.488. The summed E-state index contributed by atoms with van der Waals surface area (Å²) in [4.78, 5) is 16.4. The molecule has 1 heterocycles. The molecule has 1 aromatic carbocycles. The van der Waals surface area contributed by atoms with Crippen molar-refractivity contribution in [1.29, 1.82) is 0 Å². The number of nitro groups is 1. The highest BCUT2D eigenvalue weighted by molar-refractivity contribution is 6.30. The van der Waals surface area contributed by atoms with Gasteiger partial charge in [0.25, 0.3) is 5.69 Å². The van der Waals surface area contributed by atoms with Gasteiger partial charge in [-0.15, -0.1) is 0 Å².